The summed E-state index contributed by atoms with van der Waals surface area (Å²) < 4.78 is 0. The Morgan fingerprint density at radius 3 is 2.56 bits per heavy atom. The van der Waals surface area contributed by atoms with Gasteiger partial charge in [-0.25, -0.2) is 0 Å². The summed E-state index contributed by atoms with van der Waals surface area (Å²) in [5.41, 5.74) is 9.82. The molecular weight excluding hydrogens is 240 g/mol. The lowest BCUT2D eigenvalue weighted by molar-refractivity contribution is 0.414. The van der Waals surface area contributed by atoms with Gasteiger partial charge in [0.25, 0.3) is 0 Å². The van der Waals surface area contributed by atoms with Gasteiger partial charge in [0, 0.05) is 16.6 Å². The van der Waals surface area contributed by atoms with Crippen LogP contribution < -0.4 is 5.73 Å². The normalized spacial score (nSPS) is 11.8. The Bertz CT molecular complexity index is 536. The summed E-state index contributed by atoms with van der Waals surface area (Å²) in [6.07, 6.45) is 2.87. The van der Waals surface area contributed by atoms with E-state index in [2.05, 4.69) is 32.7 Å². The molecule has 2 rings (SSSR count). The molecule has 2 aromatic rings. The van der Waals surface area contributed by atoms with Crippen LogP contribution in [0.1, 0.15) is 31.2 Å². The van der Waals surface area contributed by atoms with E-state index >= 15 is 0 Å². The number of pyridine rings is 1. The summed E-state index contributed by atoms with van der Waals surface area (Å²) in [6.45, 7) is 8.91. The number of nitrogens with zero attached hydrogens (tertiary/aromatic N) is 1. The topological polar surface area (TPSA) is 38.9 Å². The zero-order valence-electron chi connectivity index (χ0n) is 11.4. The molecule has 0 fully saturated rings. The summed E-state index contributed by atoms with van der Waals surface area (Å²) in [7, 11) is 0. The van der Waals surface area contributed by atoms with Crippen molar-refractivity contribution in [2.24, 2.45) is 5.41 Å². The number of thiophene rings is 1. The fourth-order valence-electron chi connectivity index (χ4n) is 2.06. The first-order valence-corrected chi connectivity index (χ1v) is 6.99. The molecule has 0 spiro atoms. The number of rotatable bonds is 2. The van der Waals surface area contributed by atoms with E-state index < -0.39 is 0 Å². The predicted octanol–water partition coefficient (Wildman–Crippen LogP) is 4.29. The van der Waals surface area contributed by atoms with Crippen LogP contribution in [-0.2, 0) is 6.42 Å². The lowest BCUT2D eigenvalue weighted by atomic mass is 9.90. The molecule has 0 bridgehead atoms. The summed E-state index contributed by atoms with van der Waals surface area (Å²) in [5.74, 6) is 0. The molecule has 0 aliphatic carbocycles. The molecule has 0 aliphatic heterocycles. The third-order valence-corrected chi connectivity index (χ3v) is 4.01. The van der Waals surface area contributed by atoms with Crippen LogP contribution in [0.4, 0.5) is 5.00 Å². The molecule has 3 heteroatoms. The molecule has 2 N–H and O–H groups in total. The van der Waals surface area contributed by atoms with Crippen molar-refractivity contribution in [1.29, 1.82) is 0 Å². The molecule has 0 radical (unpaired) electrons. The maximum Gasteiger partial charge on any atom is 0.0957 e. The predicted molar refractivity (Wildman–Crippen MR) is 79.9 cm³/mol. The zero-order valence-corrected chi connectivity index (χ0v) is 12.3. The van der Waals surface area contributed by atoms with Gasteiger partial charge in [0.1, 0.15) is 0 Å². The van der Waals surface area contributed by atoms with E-state index in [4.69, 9.17) is 5.73 Å². The first kappa shape index (κ1) is 13.1. The lowest BCUT2D eigenvalue weighted by Crippen LogP contribution is -2.08. The highest BCUT2D eigenvalue weighted by Gasteiger charge is 2.19. The van der Waals surface area contributed by atoms with Gasteiger partial charge in [0.15, 0.2) is 0 Å². The maximum atomic E-state index is 6.17. The average Bonchev–Trinajstić information content (AvgIpc) is 2.53. The van der Waals surface area contributed by atoms with Crippen LogP contribution in [0.3, 0.4) is 0 Å². The second-order valence-corrected chi connectivity index (χ2v) is 6.98. The van der Waals surface area contributed by atoms with Crippen LogP contribution in [0.25, 0.3) is 11.3 Å². The molecule has 2 heterocycles. The highest BCUT2D eigenvalue weighted by atomic mass is 32.1. The Morgan fingerprint density at radius 1 is 1.28 bits per heavy atom. The average molecular weight is 260 g/mol. The van der Waals surface area contributed by atoms with E-state index in [-0.39, 0.29) is 5.41 Å². The monoisotopic (exact) mass is 260 g/mol. The SMILES string of the molecule is Cc1c(CC(C)(C)C)sc(N)c1-c1ccccn1. The van der Waals surface area contributed by atoms with Gasteiger partial charge in [-0.05, 0) is 36.5 Å². The van der Waals surface area contributed by atoms with E-state index in [1.807, 2.05) is 24.4 Å². The van der Waals surface area contributed by atoms with Crippen LogP contribution in [0.2, 0.25) is 0 Å². The number of nitrogens with two attached hydrogens (primary N) is 1. The van der Waals surface area contributed by atoms with Gasteiger partial charge in [0.2, 0.25) is 0 Å². The molecule has 96 valence electrons. The number of anilines is 1. The minimum atomic E-state index is 0.281. The summed E-state index contributed by atoms with van der Waals surface area (Å²) in [5, 5.41) is 0.880. The highest BCUT2D eigenvalue weighted by molar-refractivity contribution is 7.16. The van der Waals surface area contributed by atoms with Gasteiger partial charge in [-0.3, -0.25) is 4.98 Å². The van der Waals surface area contributed by atoms with Gasteiger partial charge >= 0.3 is 0 Å². The van der Waals surface area contributed by atoms with Crippen molar-refractivity contribution < 1.29 is 0 Å². The van der Waals surface area contributed by atoms with E-state index in [0.717, 1.165) is 22.7 Å². The second-order valence-electron chi connectivity index (χ2n) is 5.84. The second kappa shape index (κ2) is 4.73. The van der Waals surface area contributed by atoms with Crippen LogP contribution in [0.15, 0.2) is 24.4 Å². The first-order chi connectivity index (χ1) is 8.38. The molecule has 0 aliphatic rings. The van der Waals surface area contributed by atoms with Crippen LogP contribution in [0, 0.1) is 12.3 Å². The molecule has 0 aromatic carbocycles. The van der Waals surface area contributed by atoms with Gasteiger partial charge in [-0.1, -0.05) is 26.8 Å². The Hall–Kier alpha value is -1.35. The summed E-state index contributed by atoms with van der Waals surface area (Å²) in [6, 6.07) is 5.95. The number of nitrogen functional groups attached to an aromatic ring is 1. The van der Waals surface area contributed by atoms with Gasteiger partial charge in [-0.15, -0.1) is 11.3 Å². The van der Waals surface area contributed by atoms with Crippen LogP contribution in [0.5, 0.6) is 0 Å². The van der Waals surface area contributed by atoms with Crippen LogP contribution in [-0.4, -0.2) is 4.98 Å². The van der Waals surface area contributed by atoms with E-state index in [9.17, 15) is 0 Å². The summed E-state index contributed by atoms with van der Waals surface area (Å²) >= 11 is 1.70. The van der Waals surface area contributed by atoms with Crippen molar-refractivity contribution in [3.05, 3.63) is 34.8 Å². The molecule has 2 nitrogen and oxygen atoms in total. The van der Waals surface area contributed by atoms with Crippen LogP contribution >= 0.6 is 11.3 Å². The molecule has 0 saturated carbocycles. The van der Waals surface area contributed by atoms with E-state index in [1.54, 1.807) is 11.3 Å². The minimum Gasteiger partial charge on any atom is -0.390 e. The Kier molecular flexibility index (Phi) is 3.44. The highest BCUT2D eigenvalue weighted by Crippen LogP contribution is 2.39. The molecule has 2 aromatic heterocycles. The third-order valence-electron chi connectivity index (χ3n) is 2.88. The van der Waals surface area contributed by atoms with Crippen molar-refractivity contribution in [2.45, 2.75) is 34.1 Å². The van der Waals surface area contributed by atoms with Crippen molar-refractivity contribution in [2.75, 3.05) is 5.73 Å². The largest absolute Gasteiger partial charge is 0.390 e. The van der Waals surface area contributed by atoms with Gasteiger partial charge in [0.05, 0.1) is 10.7 Å². The number of hydrogen-bond acceptors (Lipinski definition) is 3. The fraction of sp³-hybridized carbons (Fsp3) is 0.400. The third kappa shape index (κ3) is 2.72. The molecule has 18 heavy (non-hydrogen) atoms. The van der Waals surface area contributed by atoms with Crippen molar-refractivity contribution >= 4 is 16.3 Å². The van der Waals surface area contributed by atoms with E-state index in [1.165, 1.54) is 10.4 Å². The Morgan fingerprint density at radius 2 is 2.00 bits per heavy atom. The quantitative estimate of drug-likeness (QED) is 0.875. The summed E-state index contributed by atoms with van der Waals surface area (Å²) in [4.78, 5) is 5.78. The minimum absolute atomic E-state index is 0.281. The van der Waals surface area contributed by atoms with Crippen molar-refractivity contribution in [1.82, 2.24) is 4.98 Å². The number of aromatic nitrogens is 1. The molecule has 0 saturated heterocycles. The standard InChI is InChI=1S/C15H20N2S/c1-10-12(9-15(2,3)4)18-14(16)13(10)11-7-5-6-8-17-11/h5-8H,9,16H2,1-4H3. The first-order valence-electron chi connectivity index (χ1n) is 6.17. The lowest BCUT2D eigenvalue weighted by Gasteiger charge is -2.17. The smallest absolute Gasteiger partial charge is 0.0957 e. The van der Waals surface area contributed by atoms with Gasteiger partial charge < -0.3 is 5.73 Å². The zero-order chi connectivity index (χ0) is 13.3. The molecule has 0 unspecified atom stereocenters. The Labute approximate surface area is 113 Å². The van der Waals surface area contributed by atoms with Gasteiger partial charge in [-0.2, -0.15) is 0 Å². The van der Waals surface area contributed by atoms with Crippen molar-refractivity contribution in [3.8, 4) is 11.3 Å². The molecule has 0 amide bonds. The Balaban J connectivity index is 2.45. The molecular formula is C15H20N2S. The van der Waals surface area contributed by atoms with Crippen molar-refractivity contribution in [3.63, 3.8) is 0 Å². The maximum absolute atomic E-state index is 6.17. The fourth-order valence-corrected chi connectivity index (χ4v) is 3.45. The molecule has 0 atom stereocenters. The van der Waals surface area contributed by atoms with E-state index in [0.29, 0.717) is 0 Å². The number of hydrogen-bond donors (Lipinski definition) is 1.